The van der Waals surface area contributed by atoms with E-state index in [1.807, 2.05) is 0 Å². The quantitative estimate of drug-likeness (QED) is 0.337. The van der Waals surface area contributed by atoms with Crippen LogP contribution in [0, 0.1) is 0 Å². The monoisotopic (exact) mass is 192 g/mol. The van der Waals surface area contributed by atoms with E-state index in [9.17, 15) is 0 Å². The first kappa shape index (κ1) is 43.6. The Morgan fingerprint density at radius 3 is 0.750 bits per heavy atom. The van der Waals surface area contributed by atoms with E-state index < -0.39 is 0 Å². The Bertz CT molecular complexity index is 6.00. The van der Waals surface area contributed by atoms with Crippen molar-refractivity contribution >= 4 is 0 Å². The van der Waals surface area contributed by atoms with Gasteiger partial charge in [0.25, 0.3) is 0 Å². The van der Waals surface area contributed by atoms with Crippen molar-refractivity contribution in [2.75, 3.05) is 0 Å². The molecule has 26 valence electrons. The Labute approximate surface area is 60.6 Å². The molecular formula is Cl2NiZn. The molecule has 0 aromatic rings. The average Bonchev–Trinajstić information content (AvgIpc) is 0. The summed E-state index contributed by atoms with van der Waals surface area (Å²) in [5.74, 6) is 0. The number of rotatable bonds is 0. The molecule has 0 aliphatic carbocycles. The Balaban J connectivity index is 0. The molecule has 0 rings (SSSR count). The van der Waals surface area contributed by atoms with Gasteiger partial charge in [-0.15, -0.1) is 0 Å². The van der Waals surface area contributed by atoms with Crippen LogP contribution in [0.25, 0.3) is 0 Å². The van der Waals surface area contributed by atoms with Gasteiger partial charge < -0.3 is 24.8 Å². The number of halogens is 2. The molecule has 0 nitrogen and oxygen atoms in total. The van der Waals surface area contributed by atoms with Crippen LogP contribution >= 0.6 is 0 Å². The third-order valence-corrected chi connectivity index (χ3v) is 0. The van der Waals surface area contributed by atoms with E-state index in [1.54, 1.807) is 0 Å². The predicted octanol–water partition coefficient (Wildman–Crippen LogP) is -6.00. The van der Waals surface area contributed by atoms with Crippen molar-refractivity contribution in [3.05, 3.63) is 0 Å². The van der Waals surface area contributed by atoms with Gasteiger partial charge in [0, 0.05) is 19.5 Å². The van der Waals surface area contributed by atoms with E-state index in [0.29, 0.717) is 0 Å². The van der Waals surface area contributed by atoms with Crippen LogP contribution in [0.4, 0.5) is 0 Å². The molecule has 0 heterocycles. The second kappa shape index (κ2) is 22.3. The Kier molecular flexibility index (Phi) is 243. The van der Waals surface area contributed by atoms with Crippen molar-refractivity contribution in [3.8, 4) is 0 Å². The predicted molar refractivity (Wildman–Crippen MR) is 0 cm³/mol. The zero-order chi connectivity index (χ0) is 0. The first-order valence-electron chi connectivity index (χ1n) is 0. The molecule has 0 unspecified atom stereocenters. The molecule has 0 aliphatic heterocycles. The molecule has 0 amide bonds. The largest absolute Gasteiger partial charge is 2.00 e. The fourth-order valence-electron chi connectivity index (χ4n) is 0. The van der Waals surface area contributed by atoms with Crippen LogP contribution < -0.4 is 24.8 Å². The summed E-state index contributed by atoms with van der Waals surface area (Å²) in [4.78, 5) is 0. The molecule has 0 saturated carbocycles. The maximum atomic E-state index is 0. The van der Waals surface area contributed by atoms with E-state index in [-0.39, 0.29) is 60.8 Å². The van der Waals surface area contributed by atoms with Crippen LogP contribution in [0.2, 0.25) is 0 Å². The van der Waals surface area contributed by atoms with E-state index >= 15 is 0 Å². The van der Waals surface area contributed by atoms with E-state index in [2.05, 4.69) is 0 Å². The minimum atomic E-state index is 0. The molecule has 0 aliphatic rings. The molecule has 4 heteroatoms. The van der Waals surface area contributed by atoms with Gasteiger partial charge in [0.2, 0.25) is 0 Å². The first-order chi connectivity index (χ1) is 0. The van der Waals surface area contributed by atoms with Gasteiger partial charge in [-0.2, -0.15) is 0 Å². The Hall–Kier alpha value is 1.70. The summed E-state index contributed by atoms with van der Waals surface area (Å²) >= 11 is 0. The molecule has 0 atom stereocenters. The van der Waals surface area contributed by atoms with Crippen molar-refractivity contribution in [3.63, 3.8) is 0 Å². The van der Waals surface area contributed by atoms with Crippen LogP contribution in [-0.4, -0.2) is 0 Å². The SMILES string of the molecule is [Cl-].[Cl-].[Ni+2].[Zn]. The van der Waals surface area contributed by atoms with Crippen molar-refractivity contribution in [1.82, 2.24) is 0 Å². The first-order valence-corrected chi connectivity index (χ1v) is 0. The molecule has 0 spiro atoms. The maximum absolute atomic E-state index is 0. The van der Waals surface area contributed by atoms with Crippen LogP contribution in [-0.2, 0) is 36.0 Å². The summed E-state index contributed by atoms with van der Waals surface area (Å²) in [5, 5.41) is 0. The molecule has 0 aromatic heterocycles. The second-order valence-electron chi connectivity index (χ2n) is 0. The second-order valence-corrected chi connectivity index (χ2v) is 0. The van der Waals surface area contributed by atoms with Gasteiger partial charge in [0.15, 0.2) is 0 Å². The zero-order valence-corrected chi connectivity index (χ0v) is 7.25. The van der Waals surface area contributed by atoms with Crippen LogP contribution in [0.3, 0.4) is 0 Å². The Morgan fingerprint density at radius 1 is 0.750 bits per heavy atom. The number of hydrogen-bond acceptors (Lipinski definition) is 0. The van der Waals surface area contributed by atoms with Gasteiger partial charge in [0.1, 0.15) is 0 Å². The van der Waals surface area contributed by atoms with Crippen LogP contribution in [0.1, 0.15) is 0 Å². The molecule has 4 heavy (non-hydrogen) atoms. The Morgan fingerprint density at radius 2 is 0.750 bits per heavy atom. The normalized spacial score (nSPS) is 0. The summed E-state index contributed by atoms with van der Waals surface area (Å²) in [5.41, 5.74) is 0. The summed E-state index contributed by atoms with van der Waals surface area (Å²) in [6, 6.07) is 0. The smallest absolute Gasteiger partial charge is 1.00 e. The average molecular weight is 195 g/mol. The summed E-state index contributed by atoms with van der Waals surface area (Å²) in [6.45, 7) is 0. The summed E-state index contributed by atoms with van der Waals surface area (Å²) < 4.78 is 0. The van der Waals surface area contributed by atoms with Gasteiger partial charge in [0.05, 0.1) is 0 Å². The van der Waals surface area contributed by atoms with Crippen molar-refractivity contribution in [1.29, 1.82) is 0 Å². The van der Waals surface area contributed by atoms with Gasteiger partial charge in [-0.05, 0) is 0 Å². The van der Waals surface area contributed by atoms with Gasteiger partial charge in [-0.1, -0.05) is 0 Å². The maximum Gasteiger partial charge on any atom is 2.00 e. The van der Waals surface area contributed by atoms with Crippen molar-refractivity contribution in [2.24, 2.45) is 0 Å². The summed E-state index contributed by atoms with van der Waals surface area (Å²) in [7, 11) is 0. The third-order valence-electron chi connectivity index (χ3n) is 0. The molecule has 0 N–H and O–H groups in total. The molecular weight excluding hydrogens is 195 g/mol. The van der Waals surface area contributed by atoms with Crippen molar-refractivity contribution in [2.45, 2.75) is 0 Å². The summed E-state index contributed by atoms with van der Waals surface area (Å²) in [6.07, 6.45) is 0. The van der Waals surface area contributed by atoms with Crippen LogP contribution in [0.5, 0.6) is 0 Å². The molecule has 0 saturated heterocycles. The van der Waals surface area contributed by atoms with Crippen LogP contribution in [0.15, 0.2) is 0 Å². The molecule has 0 bridgehead atoms. The topological polar surface area (TPSA) is 0 Å². The third kappa shape index (κ3) is 9.34. The van der Waals surface area contributed by atoms with Gasteiger partial charge >= 0.3 is 16.5 Å². The van der Waals surface area contributed by atoms with E-state index in [4.69, 9.17) is 0 Å². The fraction of sp³-hybridized carbons (Fsp3) is 0. The van der Waals surface area contributed by atoms with Crippen molar-refractivity contribution < 1.29 is 60.8 Å². The van der Waals surface area contributed by atoms with Gasteiger partial charge in [-0.3, -0.25) is 0 Å². The standard InChI is InChI=1S/2ClH.Ni.Zn/h2*1H;;/q;;+2;/p-2. The fourth-order valence-corrected chi connectivity index (χ4v) is 0. The zero-order valence-electron chi connectivity index (χ0n) is 1.78. The van der Waals surface area contributed by atoms with E-state index in [1.165, 1.54) is 0 Å². The number of hydrogen-bond donors (Lipinski definition) is 0. The minimum absolute atomic E-state index is 0. The molecule has 0 aromatic carbocycles. The molecule has 0 radical (unpaired) electrons. The molecule has 0 fully saturated rings. The van der Waals surface area contributed by atoms with Gasteiger partial charge in [-0.25, -0.2) is 0 Å². The minimum Gasteiger partial charge on any atom is -1.00 e. The van der Waals surface area contributed by atoms with E-state index in [0.717, 1.165) is 0 Å².